The van der Waals surface area contributed by atoms with Gasteiger partial charge in [-0.3, -0.25) is 14.6 Å². The van der Waals surface area contributed by atoms with Crippen LogP contribution in [-0.4, -0.2) is 25.9 Å². The number of benzene rings is 1. The van der Waals surface area contributed by atoms with Crippen molar-refractivity contribution < 1.29 is 4.79 Å². The van der Waals surface area contributed by atoms with Crippen LogP contribution < -0.4 is 11.1 Å². The molecule has 0 fully saturated rings. The topological polar surface area (TPSA) is 102 Å². The first kappa shape index (κ1) is 14.4. The summed E-state index contributed by atoms with van der Waals surface area (Å²) in [7, 11) is 0. The van der Waals surface area contributed by atoms with Gasteiger partial charge < -0.3 is 11.1 Å². The van der Waals surface area contributed by atoms with Gasteiger partial charge in [-0.15, -0.1) is 0 Å². The number of rotatable bonds is 4. The molecule has 2 aromatic heterocycles. The van der Waals surface area contributed by atoms with Crippen molar-refractivity contribution in [3.8, 4) is 0 Å². The fraction of sp³-hybridized carbons (Fsp3) is 0.214. The van der Waals surface area contributed by atoms with Gasteiger partial charge in [0.25, 0.3) is 5.91 Å². The highest BCUT2D eigenvalue weighted by atomic mass is 35.5. The molecule has 114 valence electrons. The Morgan fingerprint density at radius 1 is 1.45 bits per heavy atom. The van der Waals surface area contributed by atoms with Gasteiger partial charge in [0.05, 0.1) is 17.8 Å². The number of nitrogen functional groups attached to an aromatic ring is 1. The molecule has 0 bridgehead atoms. The Morgan fingerprint density at radius 2 is 2.23 bits per heavy atom. The standard InChI is InChI=1S/C14H15ClN6O/c1-2-21-10-6-4-3-5-8(10)9(20-21)7-17-14(22)12-11(15)13(16)19-18-12/h3-6H,2,7H2,1H3,(H,17,22)(H3,16,18,19). The number of aromatic nitrogens is 4. The van der Waals surface area contributed by atoms with Gasteiger partial charge >= 0.3 is 0 Å². The van der Waals surface area contributed by atoms with E-state index in [0.717, 1.165) is 23.1 Å². The lowest BCUT2D eigenvalue weighted by molar-refractivity contribution is 0.0945. The lowest BCUT2D eigenvalue weighted by atomic mass is 10.2. The third-order valence-electron chi connectivity index (χ3n) is 3.41. The minimum Gasteiger partial charge on any atom is -0.381 e. The maximum Gasteiger partial charge on any atom is 0.271 e. The van der Waals surface area contributed by atoms with Crippen molar-refractivity contribution >= 4 is 34.2 Å². The van der Waals surface area contributed by atoms with Crippen molar-refractivity contribution in [1.29, 1.82) is 0 Å². The van der Waals surface area contributed by atoms with Crippen LogP contribution in [0.25, 0.3) is 10.9 Å². The van der Waals surface area contributed by atoms with E-state index in [1.807, 2.05) is 35.9 Å². The second kappa shape index (κ2) is 5.69. The van der Waals surface area contributed by atoms with Crippen molar-refractivity contribution in [2.24, 2.45) is 0 Å². The molecule has 7 nitrogen and oxygen atoms in total. The molecule has 0 saturated carbocycles. The molecule has 3 rings (SSSR count). The number of nitrogens with one attached hydrogen (secondary N) is 2. The van der Waals surface area contributed by atoms with Crippen LogP contribution in [-0.2, 0) is 13.1 Å². The number of hydrogen-bond donors (Lipinski definition) is 3. The number of para-hydroxylation sites is 1. The summed E-state index contributed by atoms with van der Waals surface area (Å²) in [5.41, 5.74) is 7.50. The zero-order chi connectivity index (χ0) is 15.7. The Balaban J connectivity index is 1.82. The molecule has 0 atom stereocenters. The highest BCUT2D eigenvalue weighted by molar-refractivity contribution is 6.35. The first-order valence-electron chi connectivity index (χ1n) is 6.83. The molecule has 0 aliphatic heterocycles. The zero-order valence-electron chi connectivity index (χ0n) is 11.9. The molecule has 4 N–H and O–H groups in total. The van der Waals surface area contributed by atoms with Gasteiger partial charge in [0, 0.05) is 11.9 Å². The van der Waals surface area contributed by atoms with E-state index in [1.165, 1.54) is 0 Å². The van der Waals surface area contributed by atoms with Crippen molar-refractivity contribution in [1.82, 2.24) is 25.3 Å². The van der Waals surface area contributed by atoms with Gasteiger partial charge in [-0.1, -0.05) is 29.8 Å². The summed E-state index contributed by atoms with van der Waals surface area (Å²) in [6.45, 7) is 3.08. The number of halogens is 1. The van der Waals surface area contributed by atoms with Gasteiger partial charge in [-0.2, -0.15) is 10.2 Å². The van der Waals surface area contributed by atoms with Gasteiger partial charge in [0.15, 0.2) is 5.82 Å². The molecule has 0 aliphatic rings. The SMILES string of the molecule is CCn1nc(CNC(=O)c2[nH]nc(N)c2Cl)c2ccccc21. The molecular formula is C14H15ClN6O. The third kappa shape index (κ3) is 2.39. The highest BCUT2D eigenvalue weighted by Gasteiger charge is 2.17. The van der Waals surface area contributed by atoms with Crippen molar-refractivity contribution in [2.75, 3.05) is 5.73 Å². The zero-order valence-corrected chi connectivity index (χ0v) is 12.7. The van der Waals surface area contributed by atoms with Crippen molar-refractivity contribution in [2.45, 2.75) is 20.0 Å². The molecule has 0 saturated heterocycles. The molecule has 0 spiro atoms. The number of anilines is 1. The maximum atomic E-state index is 12.1. The first-order valence-corrected chi connectivity index (χ1v) is 7.21. The average molecular weight is 319 g/mol. The summed E-state index contributed by atoms with van der Waals surface area (Å²) in [5.74, 6) is -0.267. The summed E-state index contributed by atoms with van der Waals surface area (Å²) in [5, 5.41) is 14.7. The van der Waals surface area contributed by atoms with Crippen molar-refractivity contribution in [3.05, 3.63) is 40.7 Å². The van der Waals surface area contributed by atoms with Gasteiger partial charge in [0.2, 0.25) is 0 Å². The quantitative estimate of drug-likeness (QED) is 0.684. The minimum absolute atomic E-state index is 0.104. The molecule has 1 amide bonds. The monoisotopic (exact) mass is 318 g/mol. The van der Waals surface area contributed by atoms with Crippen LogP contribution in [0, 0.1) is 0 Å². The molecule has 3 aromatic rings. The lowest BCUT2D eigenvalue weighted by Crippen LogP contribution is -2.24. The number of carbonyl (C=O) groups excluding carboxylic acids is 1. The second-order valence-electron chi connectivity index (χ2n) is 4.76. The number of carbonyl (C=O) groups is 1. The number of nitrogens with two attached hydrogens (primary N) is 1. The molecule has 1 aromatic carbocycles. The van der Waals surface area contributed by atoms with Crippen LogP contribution >= 0.6 is 11.6 Å². The summed E-state index contributed by atoms with van der Waals surface area (Å²) in [6, 6.07) is 7.90. The van der Waals surface area contributed by atoms with Crippen LogP contribution in [0.1, 0.15) is 23.1 Å². The van der Waals surface area contributed by atoms with E-state index in [0.29, 0.717) is 6.54 Å². The Hall–Kier alpha value is -2.54. The molecule has 0 unspecified atom stereocenters. The van der Waals surface area contributed by atoms with E-state index in [2.05, 4.69) is 20.6 Å². The molecule has 0 aliphatic carbocycles. The van der Waals surface area contributed by atoms with Crippen LogP contribution in [0.4, 0.5) is 5.82 Å². The summed E-state index contributed by atoms with van der Waals surface area (Å²) in [6.07, 6.45) is 0. The second-order valence-corrected chi connectivity index (χ2v) is 5.14. The Kier molecular flexibility index (Phi) is 3.72. The highest BCUT2D eigenvalue weighted by Crippen LogP contribution is 2.21. The van der Waals surface area contributed by atoms with E-state index in [-0.39, 0.29) is 22.4 Å². The molecular weight excluding hydrogens is 304 g/mol. The molecule has 8 heteroatoms. The number of hydrogen-bond acceptors (Lipinski definition) is 4. The summed E-state index contributed by atoms with van der Waals surface area (Å²) < 4.78 is 1.90. The molecule has 22 heavy (non-hydrogen) atoms. The number of nitrogens with zero attached hydrogens (tertiary/aromatic N) is 3. The number of fused-ring (bicyclic) bond motifs is 1. The Bertz CT molecular complexity index is 837. The smallest absolute Gasteiger partial charge is 0.271 e. The van der Waals surface area contributed by atoms with E-state index in [9.17, 15) is 4.79 Å². The van der Waals surface area contributed by atoms with Crippen LogP contribution in [0.5, 0.6) is 0 Å². The number of amides is 1. The lowest BCUT2D eigenvalue weighted by Gasteiger charge is -2.02. The number of aryl methyl sites for hydroxylation is 1. The predicted octanol–water partition coefficient (Wildman–Crippen LogP) is 1.94. The summed E-state index contributed by atoms with van der Waals surface area (Å²) in [4.78, 5) is 12.1. The summed E-state index contributed by atoms with van der Waals surface area (Å²) >= 11 is 5.91. The fourth-order valence-electron chi connectivity index (χ4n) is 2.31. The number of H-pyrrole nitrogens is 1. The van der Waals surface area contributed by atoms with Crippen LogP contribution in [0.2, 0.25) is 5.02 Å². The van der Waals surface area contributed by atoms with Crippen LogP contribution in [0.3, 0.4) is 0 Å². The Morgan fingerprint density at radius 3 is 2.91 bits per heavy atom. The van der Waals surface area contributed by atoms with E-state index < -0.39 is 0 Å². The fourth-order valence-corrected chi connectivity index (χ4v) is 2.48. The largest absolute Gasteiger partial charge is 0.381 e. The van der Waals surface area contributed by atoms with E-state index >= 15 is 0 Å². The van der Waals surface area contributed by atoms with Gasteiger partial charge in [-0.25, -0.2) is 0 Å². The first-order chi connectivity index (χ1) is 10.6. The Labute approximate surface area is 131 Å². The predicted molar refractivity (Wildman–Crippen MR) is 84.6 cm³/mol. The maximum absolute atomic E-state index is 12.1. The number of aromatic amines is 1. The van der Waals surface area contributed by atoms with E-state index in [1.54, 1.807) is 0 Å². The van der Waals surface area contributed by atoms with Crippen LogP contribution in [0.15, 0.2) is 24.3 Å². The minimum atomic E-state index is -0.371. The third-order valence-corrected chi connectivity index (χ3v) is 3.79. The van der Waals surface area contributed by atoms with Gasteiger partial charge in [-0.05, 0) is 13.0 Å². The molecule has 0 radical (unpaired) electrons. The van der Waals surface area contributed by atoms with Crippen molar-refractivity contribution in [3.63, 3.8) is 0 Å². The van der Waals surface area contributed by atoms with E-state index in [4.69, 9.17) is 17.3 Å². The normalized spacial score (nSPS) is 11.0. The average Bonchev–Trinajstić information content (AvgIpc) is 3.06. The molecule has 2 heterocycles. The van der Waals surface area contributed by atoms with Gasteiger partial charge in [0.1, 0.15) is 10.7 Å².